The lowest BCUT2D eigenvalue weighted by atomic mass is 10.1. The zero-order valence-corrected chi connectivity index (χ0v) is 13.9. The molecule has 1 fully saturated rings. The number of nitrogens with zero attached hydrogens (tertiary/aromatic N) is 5. The summed E-state index contributed by atoms with van der Waals surface area (Å²) in [6.07, 6.45) is 2.26. The molecule has 1 N–H and O–H groups in total. The van der Waals surface area contributed by atoms with E-state index in [4.69, 9.17) is 4.98 Å². The van der Waals surface area contributed by atoms with Crippen LogP contribution in [-0.2, 0) is 7.05 Å². The van der Waals surface area contributed by atoms with Crippen LogP contribution in [0.3, 0.4) is 0 Å². The van der Waals surface area contributed by atoms with Gasteiger partial charge in [0.1, 0.15) is 5.82 Å². The average Bonchev–Trinajstić information content (AvgIpc) is 3.23. The maximum Gasteiger partial charge on any atom is 0.258 e. The molecule has 0 radical (unpaired) electrons. The first-order valence-electron chi connectivity index (χ1n) is 7.49. The van der Waals surface area contributed by atoms with Gasteiger partial charge in [-0.2, -0.15) is 9.47 Å². The monoisotopic (exact) mass is 328 g/mol. The minimum absolute atomic E-state index is 0.188. The van der Waals surface area contributed by atoms with Gasteiger partial charge in [0.25, 0.3) is 5.91 Å². The van der Waals surface area contributed by atoms with Crippen molar-refractivity contribution >= 4 is 33.6 Å². The van der Waals surface area contributed by atoms with Crippen molar-refractivity contribution < 1.29 is 4.79 Å². The van der Waals surface area contributed by atoms with Crippen LogP contribution in [0.5, 0.6) is 0 Å². The van der Waals surface area contributed by atoms with Crippen molar-refractivity contribution in [3.05, 3.63) is 28.8 Å². The van der Waals surface area contributed by atoms with Crippen LogP contribution in [0.4, 0.5) is 5.13 Å². The molecule has 3 aromatic rings. The molecule has 7 nitrogen and oxygen atoms in total. The summed E-state index contributed by atoms with van der Waals surface area (Å²) in [5.41, 5.74) is 3.14. The van der Waals surface area contributed by atoms with Gasteiger partial charge in [-0.3, -0.25) is 14.8 Å². The molecule has 23 heavy (non-hydrogen) atoms. The van der Waals surface area contributed by atoms with Gasteiger partial charge in [0, 0.05) is 30.2 Å². The van der Waals surface area contributed by atoms with Gasteiger partial charge in [-0.25, -0.2) is 9.97 Å². The van der Waals surface area contributed by atoms with Gasteiger partial charge in [-0.15, -0.1) is 0 Å². The van der Waals surface area contributed by atoms with Crippen molar-refractivity contribution in [2.24, 2.45) is 7.05 Å². The molecule has 1 aliphatic rings. The van der Waals surface area contributed by atoms with Crippen LogP contribution in [0.2, 0.25) is 0 Å². The zero-order valence-electron chi connectivity index (χ0n) is 13.1. The highest BCUT2D eigenvalue weighted by molar-refractivity contribution is 7.09. The molecule has 0 atom stereocenters. The van der Waals surface area contributed by atoms with Crippen molar-refractivity contribution in [3.8, 4) is 0 Å². The molecule has 0 spiro atoms. The maximum absolute atomic E-state index is 12.8. The highest BCUT2D eigenvalue weighted by Gasteiger charge is 2.28. The molecule has 118 valence electrons. The van der Waals surface area contributed by atoms with E-state index >= 15 is 0 Å². The number of aryl methyl sites for hydroxylation is 3. The molecular weight excluding hydrogens is 312 g/mol. The largest absolute Gasteiger partial charge is 0.297 e. The lowest BCUT2D eigenvalue weighted by Gasteiger charge is -2.07. The van der Waals surface area contributed by atoms with Gasteiger partial charge in [0.2, 0.25) is 5.13 Å². The highest BCUT2D eigenvalue weighted by atomic mass is 32.1. The number of carbonyl (C=O) groups is 1. The van der Waals surface area contributed by atoms with Crippen LogP contribution >= 0.6 is 11.5 Å². The quantitative estimate of drug-likeness (QED) is 0.798. The minimum Gasteiger partial charge on any atom is -0.297 e. The van der Waals surface area contributed by atoms with Crippen molar-refractivity contribution in [1.29, 1.82) is 0 Å². The van der Waals surface area contributed by atoms with Gasteiger partial charge in [0.05, 0.1) is 16.6 Å². The smallest absolute Gasteiger partial charge is 0.258 e. The number of pyridine rings is 1. The molecule has 3 heterocycles. The Labute approximate surface area is 136 Å². The Hall–Kier alpha value is -2.35. The van der Waals surface area contributed by atoms with Crippen LogP contribution in [0.15, 0.2) is 6.07 Å². The van der Waals surface area contributed by atoms with Crippen molar-refractivity contribution in [2.45, 2.75) is 32.6 Å². The van der Waals surface area contributed by atoms with Gasteiger partial charge in [0.15, 0.2) is 5.65 Å². The number of hydrogen-bond acceptors (Lipinski definition) is 6. The number of fused-ring (bicyclic) bond motifs is 1. The van der Waals surface area contributed by atoms with E-state index < -0.39 is 0 Å². The van der Waals surface area contributed by atoms with Crippen LogP contribution in [0.1, 0.15) is 46.3 Å². The van der Waals surface area contributed by atoms with E-state index in [2.05, 4.69) is 19.8 Å². The summed E-state index contributed by atoms with van der Waals surface area (Å²) in [7, 11) is 1.86. The Kier molecular flexibility index (Phi) is 3.15. The summed E-state index contributed by atoms with van der Waals surface area (Å²) < 4.78 is 5.83. The van der Waals surface area contributed by atoms with E-state index in [1.165, 1.54) is 11.5 Å². The standard InChI is InChI=1S/C15H16N6OS/c1-7-12-10(14(22)18-15-16-8(2)20-23-15)6-11(9-4-5-9)17-13(12)21(3)19-7/h6,9H,4-5H2,1-3H3,(H,16,18,20,22). The highest BCUT2D eigenvalue weighted by Crippen LogP contribution is 2.40. The first-order valence-corrected chi connectivity index (χ1v) is 8.26. The number of anilines is 1. The summed E-state index contributed by atoms with van der Waals surface area (Å²) in [5, 5.41) is 8.56. The van der Waals surface area contributed by atoms with Crippen molar-refractivity contribution in [1.82, 2.24) is 24.1 Å². The predicted octanol–water partition coefficient (Wildman–Crippen LogP) is 2.57. The van der Waals surface area contributed by atoms with Crippen LogP contribution < -0.4 is 5.32 Å². The SMILES string of the molecule is Cc1nsc(NC(=O)c2cc(C3CC3)nc3c2c(C)nn3C)n1. The Balaban J connectivity index is 1.82. The average molecular weight is 328 g/mol. The third kappa shape index (κ3) is 2.48. The van der Waals surface area contributed by atoms with Gasteiger partial charge in [-0.05, 0) is 32.8 Å². The second-order valence-electron chi connectivity index (χ2n) is 5.88. The number of aromatic nitrogens is 5. The number of hydrogen-bond donors (Lipinski definition) is 1. The summed E-state index contributed by atoms with van der Waals surface area (Å²) in [6.45, 7) is 3.69. The van der Waals surface area contributed by atoms with E-state index in [0.717, 1.165) is 35.3 Å². The van der Waals surface area contributed by atoms with Crippen molar-refractivity contribution in [3.63, 3.8) is 0 Å². The topological polar surface area (TPSA) is 85.6 Å². The van der Waals surface area contributed by atoms with Gasteiger partial charge >= 0.3 is 0 Å². The lowest BCUT2D eigenvalue weighted by molar-refractivity contribution is 0.102. The Bertz CT molecular complexity index is 924. The van der Waals surface area contributed by atoms with Crippen LogP contribution in [0.25, 0.3) is 11.0 Å². The number of rotatable bonds is 3. The Morgan fingerprint density at radius 3 is 2.78 bits per heavy atom. The molecule has 1 aliphatic carbocycles. The lowest BCUT2D eigenvalue weighted by Crippen LogP contribution is -2.13. The fraction of sp³-hybridized carbons (Fsp3) is 0.400. The molecule has 1 amide bonds. The van der Waals surface area contributed by atoms with E-state index in [-0.39, 0.29) is 5.91 Å². The van der Waals surface area contributed by atoms with Gasteiger partial charge in [-0.1, -0.05) is 0 Å². The molecule has 4 rings (SSSR count). The molecule has 8 heteroatoms. The summed E-state index contributed by atoms with van der Waals surface area (Å²) in [6, 6.07) is 1.90. The van der Waals surface area contributed by atoms with E-state index in [1.54, 1.807) is 11.6 Å². The van der Waals surface area contributed by atoms with Crippen LogP contribution in [0, 0.1) is 13.8 Å². The second kappa shape index (κ2) is 5.09. The zero-order chi connectivity index (χ0) is 16.1. The van der Waals surface area contributed by atoms with E-state index in [0.29, 0.717) is 22.4 Å². The molecular formula is C15H16N6OS. The second-order valence-corrected chi connectivity index (χ2v) is 6.63. The third-order valence-corrected chi connectivity index (χ3v) is 4.70. The minimum atomic E-state index is -0.188. The normalized spacial score (nSPS) is 14.4. The Morgan fingerprint density at radius 1 is 1.35 bits per heavy atom. The summed E-state index contributed by atoms with van der Waals surface area (Å²) in [5.74, 6) is 0.929. The molecule has 3 aromatic heterocycles. The van der Waals surface area contributed by atoms with Gasteiger partial charge < -0.3 is 0 Å². The summed E-state index contributed by atoms with van der Waals surface area (Å²) in [4.78, 5) is 21.7. The fourth-order valence-electron chi connectivity index (χ4n) is 2.74. The molecule has 0 bridgehead atoms. The van der Waals surface area contributed by atoms with Crippen LogP contribution in [-0.4, -0.2) is 30.0 Å². The number of carbonyl (C=O) groups excluding carboxylic acids is 1. The van der Waals surface area contributed by atoms with Crippen molar-refractivity contribution in [2.75, 3.05) is 5.32 Å². The molecule has 0 unspecified atom stereocenters. The third-order valence-electron chi connectivity index (χ3n) is 3.98. The maximum atomic E-state index is 12.8. The molecule has 0 aromatic carbocycles. The number of nitrogens with one attached hydrogen (secondary N) is 1. The molecule has 0 saturated heterocycles. The summed E-state index contributed by atoms with van der Waals surface area (Å²) >= 11 is 1.18. The van der Waals surface area contributed by atoms with E-state index in [9.17, 15) is 4.79 Å². The number of amides is 1. The molecule has 0 aliphatic heterocycles. The fourth-order valence-corrected chi connectivity index (χ4v) is 3.31. The predicted molar refractivity (Wildman–Crippen MR) is 87.8 cm³/mol. The van der Waals surface area contributed by atoms with E-state index in [1.807, 2.05) is 20.0 Å². The Morgan fingerprint density at radius 2 is 2.13 bits per heavy atom. The first-order chi connectivity index (χ1) is 11.0. The molecule has 1 saturated carbocycles. The first kappa shape index (κ1) is 14.3.